The molecule has 0 aromatic heterocycles. The average Bonchev–Trinajstić information content (AvgIpc) is 2.40. The zero-order valence-electron chi connectivity index (χ0n) is 11.8. The molecule has 0 bridgehead atoms. The average molecular weight is 278 g/mol. The first-order chi connectivity index (χ1) is 9.49. The van der Waals surface area contributed by atoms with E-state index in [0.717, 1.165) is 32.5 Å². The van der Waals surface area contributed by atoms with Crippen LogP contribution in [0.15, 0.2) is 30.3 Å². The highest BCUT2D eigenvalue weighted by Crippen LogP contribution is 2.18. The first kappa shape index (κ1) is 16.2. The lowest BCUT2D eigenvalue weighted by Gasteiger charge is -2.29. The number of likely N-dealkylation sites (tertiary alicyclic amines) is 1. The second-order valence-corrected chi connectivity index (χ2v) is 4.98. The van der Waals surface area contributed by atoms with Crippen LogP contribution in [-0.2, 0) is 16.1 Å². The van der Waals surface area contributed by atoms with Crippen molar-refractivity contribution in [1.29, 1.82) is 0 Å². The lowest BCUT2D eigenvalue weighted by Crippen LogP contribution is -2.35. The van der Waals surface area contributed by atoms with Crippen LogP contribution in [0.5, 0.6) is 0 Å². The molecule has 5 nitrogen and oxygen atoms in total. The van der Waals surface area contributed by atoms with Gasteiger partial charge in [0.05, 0.1) is 5.92 Å². The molecule has 0 spiro atoms. The van der Waals surface area contributed by atoms with E-state index in [1.54, 1.807) is 0 Å². The zero-order valence-corrected chi connectivity index (χ0v) is 11.8. The number of nitrogens with zero attached hydrogens (tertiary/aromatic N) is 1. The van der Waals surface area contributed by atoms with E-state index in [0.29, 0.717) is 0 Å². The molecule has 0 aliphatic carbocycles. The highest BCUT2D eigenvalue weighted by molar-refractivity contribution is 5.70. The van der Waals surface area contributed by atoms with E-state index in [-0.39, 0.29) is 11.8 Å². The normalized spacial score (nSPS) is 16.1. The summed E-state index contributed by atoms with van der Waals surface area (Å²) in [4.78, 5) is 22.4. The van der Waals surface area contributed by atoms with Gasteiger partial charge in [0, 0.05) is 13.5 Å². The van der Waals surface area contributed by atoms with E-state index in [9.17, 15) is 9.59 Å². The van der Waals surface area contributed by atoms with E-state index < -0.39 is 5.97 Å². The van der Waals surface area contributed by atoms with E-state index >= 15 is 0 Å². The highest BCUT2D eigenvalue weighted by Gasteiger charge is 2.24. The van der Waals surface area contributed by atoms with Crippen molar-refractivity contribution >= 4 is 11.9 Å². The molecule has 1 saturated heterocycles. The van der Waals surface area contributed by atoms with E-state index in [4.69, 9.17) is 5.11 Å². The van der Waals surface area contributed by atoms with Crippen molar-refractivity contribution < 1.29 is 14.7 Å². The fraction of sp³-hybridized carbons (Fsp3) is 0.467. The van der Waals surface area contributed by atoms with Gasteiger partial charge in [-0.1, -0.05) is 30.3 Å². The summed E-state index contributed by atoms with van der Waals surface area (Å²) >= 11 is 0. The standard InChI is InChI=1S/C13H17NO2.C2H5NO/c15-13(16)12-6-8-14(9-7-12)10-11-4-2-1-3-5-11;1-2(3)4/h1-5,12H,6-10H2,(H,15,16);1H3,(H2,3,4). The summed E-state index contributed by atoms with van der Waals surface area (Å²) in [5.41, 5.74) is 5.77. The minimum Gasteiger partial charge on any atom is -0.481 e. The minimum atomic E-state index is -0.639. The maximum absolute atomic E-state index is 10.8. The number of aliphatic carboxylic acids is 1. The third kappa shape index (κ3) is 6.33. The molecule has 0 saturated carbocycles. The van der Waals surface area contributed by atoms with Gasteiger partial charge in [-0.2, -0.15) is 0 Å². The smallest absolute Gasteiger partial charge is 0.306 e. The second kappa shape index (κ2) is 8.32. The molecule has 1 aliphatic heterocycles. The van der Waals surface area contributed by atoms with Crippen molar-refractivity contribution in [2.24, 2.45) is 11.7 Å². The Hall–Kier alpha value is -1.88. The molecule has 1 amide bonds. The number of carboxylic acid groups (broad SMARTS) is 1. The van der Waals surface area contributed by atoms with Crippen LogP contribution in [0.3, 0.4) is 0 Å². The van der Waals surface area contributed by atoms with Gasteiger partial charge in [0.1, 0.15) is 0 Å². The van der Waals surface area contributed by atoms with Gasteiger partial charge in [0.25, 0.3) is 0 Å². The quantitative estimate of drug-likeness (QED) is 0.877. The summed E-state index contributed by atoms with van der Waals surface area (Å²) in [6, 6.07) is 10.3. The number of hydrogen-bond acceptors (Lipinski definition) is 3. The molecule has 0 atom stereocenters. The molecular weight excluding hydrogens is 256 g/mol. The number of carbonyl (C=O) groups excluding carboxylic acids is 1. The summed E-state index contributed by atoms with van der Waals surface area (Å²) in [7, 11) is 0. The SMILES string of the molecule is CC(N)=O.O=C(O)C1CCN(Cc2ccccc2)CC1. The summed E-state index contributed by atoms with van der Waals surface area (Å²) in [6.07, 6.45) is 1.56. The van der Waals surface area contributed by atoms with Crippen molar-refractivity contribution in [2.75, 3.05) is 13.1 Å². The predicted molar refractivity (Wildman–Crippen MR) is 76.9 cm³/mol. The van der Waals surface area contributed by atoms with Crippen LogP contribution in [0.1, 0.15) is 25.3 Å². The van der Waals surface area contributed by atoms with Crippen LogP contribution in [0.4, 0.5) is 0 Å². The molecule has 5 heteroatoms. The van der Waals surface area contributed by atoms with Crippen LogP contribution in [0, 0.1) is 5.92 Å². The number of primary amides is 1. The largest absolute Gasteiger partial charge is 0.481 e. The molecule has 1 aromatic carbocycles. The van der Waals surface area contributed by atoms with Gasteiger partial charge in [0.2, 0.25) is 5.91 Å². The third-order valence-electron chi connectivity index (χ3n) is 3.19. The van der Waals surface area contributed by atoms with Gasteiger partial charge in [0.15, 0.2) is 0 Å². The Labute approximate surface area is 119 Å². The molecule has 0 radical (unpaired) electrons. The maximum Gasteiger partial charge on any atom is 0.306 e. The van der Waals surface area contributed by atoms with Crippen LogP contribution in [0.2, 0.25) is 0 Å². The van der Waals surface area contributed by atoms with Crippen molar-refractivity contribution in [3.8, 4) is 0 Å². The number of rotatable bonds is 3. The molecule has 110 valence electrons. The lowest BCUT2D eigenvalue weighted by molar-refractivity contribution is -0.143. The number of carbonyl (C=O) groups is 2. The fourth-order valence-corrected chi connectivity index (χ4v) is 2.18. The molecular formula is C15H22N2O3. The molecule has 1 fully saturated rings. The highest BCUT2D eigenvalue weighted by atomic mass is 16.4. The molecule has 3 N–H and O–H groups in total. The topological polar surface area (TPSA) is 83.6 Å². The van der Waals surface area contributed by atoms with Crippen molar-refractivity contribution in [3.05, 3.63) is 35.9 Å². The first-order valence-electron chi connectivity index (χ1n) is 6.74. The summed E-state index contributed by atoms with van der Waals surface area (Å²) < 4.78 is 0. The fourth-order valence-electron chi connectivity index (χ4n) is 2.18. The Morgan fingerprint density at radius 3 is 2.20 bits per heavy atom. The van der Waals surface area contributed by atoms with E-state index in [1.807, 2.05) is 18.2 Å². The lowest BCUT2D eigenvalue weighted by atomic mass is 9.97. The van der Waals surface area contributed by atoms with Gasteiger partial charge in [-0.05, 0) is 31.5 Å². The Morgan fingerprint density at radius 1 is 1.25 bits per heavy atom. The minimum absolute atomic E-state index is 0.132. The van der Waals surface area contributed by atoms with Gasteiger partial charge in [-0.15, -0.1) is 0 Å². The number of hydrogen-bond donors (Lipinski definition) is 2. The van der Waals surface area contributed by atoms with E-state index in [1.165, 1.54) is 12.5 Å². The second-order valence-electron chi connectivity index (χ2n) is 4.98. The Kier molecular flexibility index (Phi) is 6.73. The maximum atomic E-state index is 10.8. The van der Waals surface area contributed by atoms with Gasteiger partial charge in [-0.3, -0.25) is 14.5 Å². The number of benzene rings is 1. The Balaban J connectivity index is 0.000000444. The molecule has 1 aromatic rings. The Bertz CT molecular complexity index is 422. The van der Waals surface area contributed by atoms with Gasteiger partial charge < -0.3 is 10.8 Å². The number of nitrogens with two attached hydrogens (primary N) is 1. The summed E-state index contributed by atoms with van der Waals surface area (Å²) in [6.45, 7) is 4.03. The van der Waals surface area contributed by atoms with E-state index in [2.05, 4.69) is 22.8 Å². The molecule has 1 aliphatic rings. The number of amides is 1. The third-order valence-corrected chi connectivity index (χ3v) is 3.19. The molecule has 20 heavy (non-hydrogen) atoms. The molecule has 1 heterocycles. The van der Waals surface area contributed by atoms with Crippen LogP contribution < -0.4 is 5.73 Å². The molecule has 0 unspecified atom stereocenters. The van der Waals surface area contributed by atoms with Crippen LogP contribution >= 0.6 is 0 Å². The summed E-state index contributed by atoms with van der Waals surface area (Å²) in [5.74, 6) is -1.11. The van der Waals surface area contributed by atoms with Crippen LogP contribution in [0.25, 0.3) is 0 Å². The predicted octanol–water partition coefficient (Wildman–Crippen LogP) is 1.47. The van der Waals surface area contributed by atoms with Crippen molar-refractivity contribution in [3.63, 3.8) is 0 Å². The number of carboxylic acids is 1. The van der Waals surface area contributed by atoms with Gasteiger partial charge in [-0.25, -0.2) is 0 Å². The number of piperidine rings is 1. The molecule has 2 rings (SSSR count). The monoisotopic (exact) mass is 278 g/mol. The van der Waals surface area contributed by atoms with Crippen molar-refractivity contribution in [2.45, 2.75) is 26.3 Å². The first-order valence-corrected chi connectivity index (χ1v) is 6.74. The van der Waals surface area contributed by atoms with Crippen LogP contribution in [-0.4, -0.2) is 35.0 Å². The zero-order chi connectivity index (χ0) is 15.0. The van der Waals surface area contributed by atoms with Crippen molar-refractivity contribution in [1.82, 2.24) is 4.90 Å². The Morgan fingerprint density at radius 2 is 1.75 bits per heavy atom. The summed E-state index contributed by atoms with van der Waals surface area (Å²) in [5, 5.41) is 8.90. The van der Waals surface area contributed by atoms with Gasteiger partial charge >= 0.3 is 5.97 Å².